The minimum atomic E-state index is 0.0218. The maximum absolute atomic E-state index is 10.6. The average molecular weight is 629 g/mol. The summed E-state index contributed by atoms with van der Waals surface area (Å²) in [7, 11) is 0. The Morgan fingerprint density at radius 3 is 2.22 bits per heavy atom. The number of benzene rings is 5. The maximum atomic E-state index is 10.6. The number of hydrogen-bond donors (Lipinski definition) is 0. The highest BCUT2D eigenvalue weighted by molar-refractivity contribution is 6.09. The quantitative estimate of drug-likeness (QED) is 0.195. The molecular formula is C45H32N4. The molecule has 0 bridgehead atoms. The van der Waals surface area contributed by atoms with E-state index in [0.717, 1.165) is 57.2 Å². The fourth-order valence-electron chi connectivity index (χ4n) is 8.31. The lowest BCUT2D eigenvalue weighted by atomic mass is 9.77. The lowest BCUT2D eigenvalue weighted by Gasteiger charge is -2.31. The van der Waals surface area contributed by atoms with Crippen molar-refractivity contribution < 1.29 is 0 Å². The van der Waals surface area contributed by atoms with Crippen molar-refractivity contribution in [2.75, 3.05) is 0 Å². The van der Waals surface area contributed by atoms with Crippen LogP contribution in [0.1, 0.15) is 47.2 Å². The Labute approximate surface area is 285 Å². The lowest BCUT2D eigenvalue weighted by Crippen LogP contribution is -2.18. The second-order valence-electron chi connectivity index (χ2n) is 13.0. The predicted octanol–water partition coefficient (Wildman–Crippen LogP) is 10.9. The van der Waals surface area contributed by atoms with E-state index >= 15 is 0 Å². The number of aryl methyl sites for hydroxylation is 1. The van der Waals surface area contributed by atoms with E-state index in [9.17, 15) is 10.5 Å². The standard InChI is InChI=1S/C45H32N4/c1-29-32(17-11-23-39(29)48-42-21-8-4-15-35(42)38-26-30(27-46)24-25-44(38)48)36-18-10-12-31(28-47)45(36)37-16-5-9-22-43(37)49-40-19-6-2-13-33(40)34-14-3-7-20-41(34)49/h2-3,5-14,16-26,29,32H,4,15H2,1H3. The van der Waals surface area contributed by atoms with Gasteiger partial charge in [0.2, 0.25) is 0 Å². The molecule has 0 fully saturated rings. The van der Waals surface area contributed by atoms with E-state index in [1.807, 2.05) is 24.3 Å². The van der Waals surface area contributed by atoms with Crippen LogP contribution in [0.4, 0.5) is 0 Å². The van der Waals surface area contributed by atoms with Crippen molar-refractivity contribution in [2.24, 2.45) is 5.92 Å². The van der Waals surface area contributed by atoms with Crippen molar-refractivity contribution in [3.05, 3.63) is 161 Å². The van der Waals surface area contributed by atoms with Gasteiger partial charge in [0.15, 0.2) is 0 Å². The number of nitriles is 2. The van der Waals surface area contributed by atoms with E-state index < -0.39 is 0 Å². The molecule has 0 radical (unpaired) electrons. The van der Waals surface area contributed by atoms with Gasteiger partial charge in [-0.25, -0.2) is 0 Å². The molecular weight excluding hydrogens is 597 g/mol. The predicted molar refractivity (Wildman–Crippen MR) is 200 cm³/mol. The molecule has 2 heterocycles. The first-order chi connectivity index (χ1) is 24.2. The molecule has 7 aromatic rings. The summed E-state index contributed by atoms with van der Waals surface area (Å²) in [5, 5.41) is 23.9. The normalized spacial score (nSPS) is 16.8. The van der Waals surface area contributed by atoms with Gasteiger partial charge in [-0.15, -0.1) is 0 Å². The van der Waals surface area contributed by atoms with Gasteiger partial charge in [-0.2, -0.15) is 10.5 Å². The zero-order valence-corrected chi connectivity index (χ0v) is 27.1. The van der Waals surface area contributed by atoms with Crippen molar-refractivity contribution in [2.45, 2.75) is 25.7 Å². The highest BCUT2D eigenvalue weighted by Crippen LogP contribution is 2.46. The summed E-state index contributed by atoms with van der Waals surface area (Å²) < 4.78 is 4.76. The first-order valence-corrected chi connectivity index (χ1v) is 16.9. The van der Waals surface area contributed by atoms with Crippen LogP contribution in [-0.2, 0) is 6.42 Å². The number of hydrogen-bond acceptors (Lipinski definition) is 2. The van der Waals surface area contributed by atoms with Crippen LogP contribution in [0.25, 0.3) is 61.3 Å². The third-order valence-corrected chi connectivity index (χ3v) is 10.5. The Morgan fingerprint density at radius 1 is 0.714 bits per heavy atom. The van der Waals surface area contributed by atoms with Crippen molar-refractivity contribution >= 4 is 44.5 Å². The summed E-state index contributed by atoms with van der Waals surface area (Å²) in [5.74, 6) is 0.123. The zero-order chi connectivity index (χ0) is 33.1. The Bertz CT molecular complexity index is 2610. The van der Waals surface area contributed by atoms with Crippen LogP contribution < -0.4 is 0 Å². The summed E-state index contributed by atoms with van der Waals surface area (Å²) in [6.45, 7) is 2.30. The second kappa shape index (κ2) is 11.4. The number of aromatic nitrogens is 2. The number of para-hydroxylation sites is 3. The average Bonchev–Trinajstić information content (AvgIpc) is 3.67. The van der Waals surface area contributed by atoms with E-state index in [1.165, 1.54) is 27.7 Å². The number of fused-ring (bicyclic) bond motifs is 6. The maximum Gasteiger partial charge on any atom is 0.0998 e. The van der Waals surface area contributed by atoms with Gasteiger partial charge < -0.3 is 9.13 Å². The lowest BCUT2D eigenvalue weighted by molar-refractivity contribution is 0.628. The van der Waals surface area contributed by atoms with E-state index in [1.54, 1.807) is 0 Å². The van der Waals surface area contributed by atoms with Crippen molar-refractivity contribution in [1.82, 2.24) is 9.13 Å². The molecule has 0 amide bonds. The van der Waals surface area contributed by atoms with E-state index in [2.05, 4.69) is 144 Å². The van der Waals surface area contributed by atoms with E-state index in [4.69, 9.17) is 0 Å². The van der Waals surface area contributed by atoms with Gasteiger partial charge in [0.05, 0.1) is 45.5 Å². The van der Waals surface area contributed by atoms with Gasteiger partial charge >= 0.3 is 0 Å². The highest BCUT2D eigenvalue weighted by atomic mass is 15.0. The molecule has 0 saturated heterocycles. The molecule has 2 aliphatic carbocycles. The molecule has 9 rings (SSSR count). The second-order valence-corrected chi connectivity index (χ2v) is 13.0. The van der Waals surface area contributed by atoms with Crippen LogP contribution in [0.3, 0.4) is 0 Å². The van der Waals surface area contributed by atoms with Gasteiger partial charge in [-0.3, -0.25) is 0 Å². The van der Waals surface area contributed by atoms with Gasteiger partial charge in [0.1, 0.15) is 0 Å². The largest absolute Gasteiger partial charge is 0.313 e. The van der Waals surface area contributed by atoms with Crippen molar-refractivity contribution in [3.8, 4) is 29.0 Å². The van der Waals surface area contributed by atoms with E-state index in [-0.39, 0.29) is 11.8 Å². The number of nitrogens with zero attached hydrogens (tertiary/aromatic N) is 4. The fourth-order valence-corrected chi connectivity index (χ4v) is 8.31. The SMILES string of the molecule is CC1C(n2c3c(c4cc(C#N)ccc42)CCC=C3)=CC=CC1c1cccc(C#N)c1-c1ccccc1-n1c2ccccc2c2ccccc21. The molecule has 232 valence electrons. The molecule has 2 aliphatic rings. The van der Waals surface area contributed by atoms with Gasteiger partial charge in [-0.1, -0.05) is 91.9 Å². The molecule has 2 unspecified atom stereocenters. The Balaban J connectivity index is 1.23. The monoisotopic (exact) mass is 628 g/mol. The Morgan fingerprint density at radius 2 is 1.45 bits per heavy atom. The molecule has 0 spiro atoms. The Hall–Kier alpha value is -6.36. The van der Waals surface area contributed by atoms with Gasteiger partial charge in [0, 0.05) is 50.5 Å². The first-order valence-electron chi connectivity index (χ1n) is 16.9. The molecule has 49 heavy (non-hydrogen) atoms. The summed E-state index contributed by atoms with van der Waals surface area (Å²) in [4.78, 5) is 0. The summed E-state index contributed by atoms with van der Waals surface area (Å²) >= 11 is 0. The van der Waals surface area contributed by atoms with Gasteiger partial charge in [0.25, 0.3) is 0 Å². The van der Waals surface area contributed by atoms with Crippen LogP contribution in [0.5, 0.6) is 0 Å². The van der Waals surface area contributed by atoms with Crippen LogP contribution in [-0.4, -0.2) is 9.13 Å². The van der Waals surface area contributed by atoms with E-state index in [0.29, 0.717) is 11.1 Å². The molecule has 4 heteroatoms. The van der Waals surface area contributed by atoms with Crippen LogP contribution in [0.2, 0.25) is 0 Å². The third-order valence-electron chi connectivity index (χ3n) is 10.5. The molecule has 0 saturated carbocycles. The van der Waals surface area contributed by atoms with Crippen molar-refractivity contribution in [3.63, 3.8) is 0 Å². The van der Waals surface area contributed by atoms with Crippen LogP contribution in [0, 0.1) is 28.6 Å². The molecule has 0 aliphatic heterocycles. The number of allylic oxidation sites excluding steroid dienone is 5. The minimum absolute atomic E-state index is 0.0218. The van der Waals surface area contributed by atoms with Crippen molar-refractivity contribution in [1.29, 1.82) is 10.5 Å². The zero-order valence-electron chi connectivity index (χ0n) is 27.1. The summed E-state index contributed by atoms with van der Waals surface area (Å²) in [6.07, 6.45) is 13.2. The molecule has 0 N–H and O–H groups in total. The molecule has 2 atom stereocenters. The van der Waals surface area contributed by atoms with Crippen LogP contribution in [0.15, 0.2) is 133 Å². The highest BCUT2D eigenvalue weighted by Gasteiger charge is 2.31. The molecule has 2 aromatic heterocycles. The molecule has 5 aromatic carbocycles. The summed E-state index contributed by atoms with van der Waals surface area (Å²) in [5.41, 5.74) is 12.7. The molecule has 4 nitrogen and oxygen atoms in total. The Kier molecular flexibility index (Phi) is 6.71. The number of rotatable bonds is 4. The minimum Gasteiger partial charge on any atom is -0.313 e. The van der Waals surface area contributed by atoms with Crippen LogP contribution >= 0.6 is 0 Å². The third kappa shape index (κ3) is 4.35. The summed E-state index contributed by atoms with van der Waals surface area (Å²) in [6, 6.07) is 42.8. The fraction of sp³-hybridized carbons (Fsp3) is 0.111. The smallest absolute Gasteiger partial charge is 0.0998 e. The topological polar surface area (TPSA) is 57.4 Å². The van der Waals surface area contributed by atoms with Gasteiger partial charge in [-0.05, 0) is 78.6 Å². The first kappa shape index (κ1) is 28.8.